The quantitative estimate of drug-likeness (QED) is 0.467. The second-order valence-electron chi connectivity index (χ2n) is 5.23. The highest BCUT2D eigenvalue weighted by molar-refractivity contribution is 5.91. The molecule has 0 saturated heterocycles. The molecule has 2 aromatic rings. The average molecular weight is 332 g/mol. The van der Waals surface area contributed by atoms with Crippen LogP contribution in [-0.4, -0.2) is 17.7 Å². The van der Waals surface area contributed by atoms with E-state index in [0.717, 1.165) is 11.1 Å². The number of hydrogen-bond acceptors (Lipinski definition) is 4. The summed E-state index contributed by atoms with van der Waals surface area (Å²) in [5, 5.41) is 26.8. The number of nitrogens with zero attached hydrogens (tertiary/aromatic N) is 2. The first kappa shape index (κ1) is 17.8. The standard InChI is InChI=1S/C20H16N2O3/c21-11-1-2-12-25-19-9-7-16(8-10-19)18(14-22)13-15-3-5-17(6-4-15)20(23)24/h3-10,13H,1-2,12H2,(H,23,24)/b18-13+. The number of hydrogen-bond donors (Lipinski definition) is 1. The normalized spacial score (nSPS) is 10.6. The molecule has 5 heteroatoms. The van der Waals surface area contributed by atoms with Crippen LogP contribution in [0, 0.1) is 22.7 Å². The average Bonchev–Trinajstić information content (AvgIpc) is 2.64. The Morgan fingerprint density at radius 3 is 2.24 bits per heavy atom. The molecule has 0 atom stereocenters. The van der Waals surface area contributed by atoms with Crippen LogP contribution in [0.15, 0.2) is 48.5 Å². The lowest BCUT2D eigenvalue weighted by Crippen LogP contribution is -1.96. The largest absolute Gasteiger partial charge is 0.494 e. The summed E-state index contributed by atoms with van der Waals surface area (Å²) >= 11 is 0. The number of rotatable bonds is 7. The van der Waals surface area contributed by atoms with Crippen molar-refractivity contribution in [1.29, 1.82) is 10.5 Å². The van der Waals surface area contributed by atoms with Crippen LogP contribution < -0.4 is 4.74 Å². The van der Waals surface area contributed by atoms with Gasteiger partial charge in [0.25, 0.3) is 0 Å². The maximum Gasteiger partial charge on any atom is 0.335 e. The van der Waals surface area contributed by atoms with Gasteiger partial charge in [0, 0.05) is 6.42 Å². The minimum Gasteiger partial charge on any atom is -0.494 e. The van der Waals surface area contributed by atoms with Gasteiger partial charge in [-0.2, -0.15) is 10.5 Å². The Balaban J connectivity index is 2.10. The highest BCUT2D eigenvalue weighted by atomic mass is 16.5. The zero-order valence-electron chi connectivity index (χ0n) is 13.5. The number of ether oxygens (including phenoxy) is 1. The third-order valence-electron chi connectivity index (χ3n) is 3.46. The summed E-state index contributed by atoms with van der Waals surface area (Å²) in [5.74, 6) is -0.300. The van der Waals surface area contributed by atoms with Crippen molar-refractivity contribution < 1.29 is 14.6 Å². The van der Waals surface area contributed by atoms with E-state index in [0.29, 0.717) is 30.8 Å². The van der Waals surface area contributed by atoms with Crippen molar-refractivity contribution in [3.05, 3.63) is 65.2 Å². The maximum atomic E-state index is 10.9. The van der Waals surface area contributed by atoms with Crippen LogP contribution in [0.5, 0.6) is 5.75 Å². The van der Waals surface area contributed by atoms with E-state index in [1.807, 2.05) is 0 Å². The summed E-state index contributed by atoms with van der Waals surface area (Å²) in [6, 6.07) is 17.7. The summed E-state index contributed by atoms with van der Waals surface area (Å²) in [6.07, 6.45) is 2.84. The Morgan fingerprint density at radius 2 is 1.68 bits per heavy atom. The van der Waals surface area contributed by atoms with Crippen LogP contribution in [0.1, 0.15) is 34.3 Å². The van der Waals surface area contributed by atoms with Crippen LogP contribution in [0.4, 0.5) is 0 Å². The molecule has 5 nitrogen and oxygen atoms in total. The smallest absolute Gasteiger partial charge is 0.335 e. The van der Waals surface area contributed by atoms with Crippen molar-refractivity contribution in [2.45, 2.75) is 12.8 Å². The second-order valence-corrected chi connectivity index (χ2v) is 5.23. The van der Waals surface area contributed by atoms with E-state index in [1.165, 1.54) is 12.1 Å². The molecule has 0 bridgehead atoms. The Hall–Kier alpha value is -3.57. The van der Waals surface area contributed by atoms with Gasteiger partial charge in [-0.05, 0) is 60.0 Å². The van der Waals surface area contributed by atoms with Gasteiger partial charge in [-0.15, -0.1) is 0 Å². The number of carboxylic acids is 1. The molecule has 0 spiro atoms. The van der Waals surface area contributed by atoms with Crippen LogP contribution in [0.2, 0.25) is 0 Å². The summed E-state index contributed by atoms with van der Waals surface area (Å²) in [7, 11) is 0. The molecule has 0 unspecified atom stereocenters. The third-order valence-corrected chi connectivity index (χ3v) is 3.46. The number of unbranched alkanes of at least 4 members (excludes halogenated alkanes) is 1. The number of benzene rings is 2. The van der Waals surface area contributed by atoms with Crippen LogP contribution >= 0.6 is 0 Å². The fourth-order valence-corrected chi connectivity index (χ4v) is 2.14. The Bertz CT molecular complexity index is 838. The highest BCUT2D eigenvalue weighted by Crippen LogP contribution is 2.21. The van der Waals surface area contributed by atoms with Gasteiger partial charge < -0.3 is 9.84 Å². The second kappa shape index (κ2) is 8.90. The van der Waals surface area contributed by atoms with E-state index in [4.69, 9.17) is 15.1 Å². The number of aromatic carboxylic acids is 1. The van der Waals surface area contributed by atoms with Gasteiger partial charge in [0.1, 0.15) is 5.75 Å². The first-order valence-electron chi connectivity index (χ1n) is 7.69. The van der Waals surface area contributed by atoms with Gasteiger partial charge in [-0.25, -0.2) is 4.79 Å². The molecular weight excluding hydrogens is 316 g/mol. The molecule has 2 aromatic carbocycles. The zero-order valence-corrected chi connectivity index (χ0v) is 13.5. The lowest BCUT2D eigenvalue weighted by atomic mass is 10.0. The van der Waals surface area contributed by atoms with Crippen LogP contribution in [0.25, 0.3) is 11.6 Å². The van der Waals surface area contributed by atoms with E-state index < -0.39 is 5.97 Å². The summed E-state index contributed by atoms with van der Waals surface area (Å²) in [5.41, 5.74) is 2.17. The zero-order chi connectivity index (χ0) is 18.1. The fourth-order valence-electron chi connectivity index (χ4n) is 2.14. The molecule has 0 aliphatic carbocycles. The molecule has 0 fully saturated rings. The Labute approximate surface area is 146 Å². The topological polar surface area (TPSA) is 94.1 Å². The predicted octanol–water partition coefficient (Wildman–Crippen LogP) is 4.13. The molecule has 0 saturated carbocycles. The molecule has 2 rings (SSSR count). The van der Waals surface area contributed by atoms with Crippen molar-refractivity contribution in [2.75, 3.05) is 6.61 Å². The summed E-state index contributed by atoms with van der Waals surface area (Å²) < 4.78 is 5.52. The first-order chi connectivity index (χ1) is 12.1. The Kier molecular flexibility index (Phi) is 6.33. The molecule has 124 valence electrons. The fraction of sp³-hybridized carbons (Fsp3) is 0.150. The predicted molar refractivity (Wildman–Crippen MR) is 93.7 cm³/mol. The monoisotopic (exact) mass is 332 g/mol. The lowest BCUT2D eigenvalue weighted by molar-refractivity contribution is 0.0697. The SMILES string of the molecule is N#CCCCOc1ccc(/C(C#N)=C/c2ccc(C(=O)O)cc2)cc1. The Morgan fingerprint density at radius 1 is 1.04 bits per heavy atom. The van der Waals surface area contributed by atoms with E-state index in [1.54, 1.807) is 42.5 Å². The van der Waals surface area contributed by atoms with E-state index in [2.05, 4.69) is 12.1 Å². The van der Waals surface area contributed by atoms with Gasteiger partial charge in [0.2, 0.25) is 0 Å². The number of carbonyl (C=O) groups is 1. The van der Waals surface area contributed by atoms with Crippen molar-refractivity contribution in [2.24, 2.45) is 0 Å². The summed E-state index contributed by atoms with van der Waals surface area (Å²) in [4.78, 5) is 10.9. The molecule has 0 heterocycles. The van der Waals surface area contributed by atoms with Gasteiger partial charge in [0.05, 0.1) is 29.9 Å². The van der Waals surface area contributed by atoms with E-state index in [9.17, 15) is 10.1 Å². The number of nitriles is 2. The molecule has 0 aromatic heterocycles. The van der Waals surface area contributed by atoms with Gasteiger partial charge >= 0.3 is 5.97 Å². The molecule has 0 amide bonds. The molecule has 0 radical (unpaired) electrons. The van der Waals surface area contributed by atoms with Crippen molar-refractivity contribution in [1.82, 2.24) is 0 Å². The van der Waals surface area contributed by atoms with E-state index in [-0.39, 0.29) is 5.56 Å². The number of allylic oxidation sites excluding steroid dienone is 1. The van der Waals surface area contributed by atoms with Gasteiger partial charge in [-0.3, -0.25) is 0 Å². The summed E-state index contributed by atoms with van der Waals surface area (Å²) in [6.45, 7) is 0.476. The minimum atomic E-state index is -0.985. The van der Waals surface area contributed by atoms with Crippen molar-refractivity contribution >= 4 is 17.6 Å². The van der Waals surface area contributed by atoms with E-state index >= 15 is 0 Å². The van der Waals surface area contributed by atoms with Gasteiger partial charge in [0.15, 0.2) is 0 Å². The molecule has 25 heavy (non-hydrogen) atoms. The van der Waals surface area contributed by atoms with Crippen molar-refractivity contribution in [3.8, 4) is 17.9 Å². The first-order valence-corrected chi connectivity index (χ1v) is 7.69. The minimum absolute atomic E-state index is 0.202. The molecular formula is C20H16N2O3. The van der Waals surface area contributed by atoms with Gasteiger partial charge in [-0.1, -0.05) is 12.1 Å². The van der Waals surface area contributed by atoms with Crippen molar-refractivity contribution in [3.63, 3.8) is 0 Å². The highest BCUT2D eigenvalue weighted by Gasteiger charge is 2.04. The van der Waals surface area contributed by atoms with Crippen LogP contribution in [-0.2, 0) is 0 Å². The molecule has 1 N–H and O–H groups in total. The molecule has 0 aliphatic rings. The number of carboxylic acid groups (broad SMARTS) is 1. The molecule has 0 aliphatic heterocycles. The van der Waals surface area contributed by atoms with Crippen LogP contribution in [0.3, 0.4) is 0 Å². The lowest BCUT2D eigenvalue weighted by Gasteiger charge is -2.06. The third kappa shape index (κ3) is 5.23. The maximum absolute atomic E-state index is 10.9.